The van der Waals surface area contributed by atoms with Crippen LogP contribution in [0.3, 0.4) is 0 Å². The monoisotopic (exact) mass is 248 g/mol. The van der Waals surface area contributed by atoms with Gasteiger partial charge in [-0.1, -0.05) is 0 Å². The van der Waals surface area contributed by atoms with Crippen molar-refractivity contribution in [2.45, 2.75) is 31.9 Å². The van der Waals surface area contributed by atoms with E-state index in [0.29, 0.717) is 0 Å². The molecule has 2 aliphatic rings. The maximum Gasteiger partial charge on any atom is 0.147 e. The molecular formula is C13H20N4O. The van der Waals surface area contributed by atoms with Crippen LogP contribution in [0.4, 0.5) is 5.82 Å². The minimum Gasteiger partial charge on any atom is -0.376 e. The van der Waals surface area contributed by atoms with Gasteiger partial charge in [0.25, 0.3) is 0 Å². The summed E-state index contributed by atoms with van der Waals surface area (Å²) in [5.41, 5.74) is 6.48. The number of rotatable bonds is 1. The third kappa shape index (κ3) is 1.87. The number of anilines is 1. The van der Waals surface area contributed by atoms with E-state index >= 15 is 0 Å². The molecule has 0 aliphatic carbocycles. The van der Waals surface area contributed by atoms with Crippen molar-refractivity contribution >= 4 is 5.82 Å². The van der Waals surface area contributed by atoms with Crippen molar-refractivity contribution in [3.8, 4) is 0 Å². The fraction of sp³-hybridized carbons (Fsp3) is 0.692. The summed E-state index contributed by atoms with van der Waals surface area (Å²) in [7, 11) is 0. The van der Waals surface area contributed by atoms with Crippen LogP contribution in [0, 0.1) is 5.41 Å². The largest absolute Gasteiger partial charge is 0.376 e. The highest BCUT2D eigenvalue weighted by Crippen LogP contribution is 2.41. The van der Waals surface area contributed by atoms with Gasteiger partial charge in [-0.05, 0) is 19.8 Å². The Morgan fingerprint density at radius 3 is 2.72 bits per heavy atom. The summed E-state index contributed by atoms with van der Waals surface area (Å²) in [5.74, 6) is 0.966. The Kier molecular flexibility index (Phi) is 2.95. The second-order valence-electron chi connectivity index (χ2n) is 5.45. The molecule has 0 aromatic carbocycles. The van der Waals surface area contributed by atoms with Crippen LogP contribution in [0.2, 0.25) is 0 Å². The molecule has 0 bridgehead atoms. The zero-order valence-corrected chi connectivity index (χ0v) is 10.7. The number of aromatic nitrogens is 2. The first kappa shape index (κ1) is 11.9. The smallest absolute Gasteiger partial charge is 0.147 e. The lowest BCUT2D eigenvalue weighted by atomic mass is 9.73. The minimum absolute atomic E-state index is 0.168. The van der Waals surface area contributed by atoms with Crippen molar-refractivity contribution in [2.75, 3.05) is 24.6 Å². The molecule has 1 aromatic heterocycles. The van der Waals surface area contributed by atoms with Gasteiger partial charge >= 0.3 is 0 Å². The lowest BCUT2D eigenvalue weighted by molar-refractivity contribution is 0.0974. The van der Waals surface area contributed by atoms with Gasteiger partial charge in [0.15, 0.2) is 0 Å². The molecule has 0 radical (unpaired) electrons. The Morgan fingerprint density at radius 1 is 1.39 bits per heavy atom. The standard InChI is InChI=1S/C13H20N4O/c1-10-12(14)13(9-18-10)2-6-17(7-3-13)11-8-15-4-5-16-11/h4-5,8,10,12H,2-3,6-7,9,14H2,1H3/t10-,12+/m0/s1. The molecule has 5 heteroatoms. The molecule has 3 heterocycles. The Balaban J connectivity index is 1.69. The second kappa shape index (κ2) is 4.48. The molecule has 18 heavy (non-hydrogen) atoms. The van der Waals surface area contributed by atoms with Crippen molar-refractivity contribution in [2.24, 2.45) is 11.1 Å². The van der Waals surface area contributed by atoms with Crippen molar-refractivity contribution in [3.63, 3.8) is 0 Å². The third-order valence-corrected chi connectivity index (χ3v) is 4.48. The average Bonchev–Trinajstić information content (AvgIpc) is 2.70. The van der Waals surface area contributed by atoms with E-state index in [-0.39, 0.29) is 17.6 Å². The van der Waals surface area contributed by atoms with E-state index in [1.54, 1.807) is 12.4 Å². The van der Waals surface area contributed by atoms with E-state index in [0.717, 1.165) is 38.4 Å². The van der Waals surface area contributed by atoms with Gasteiger partial charge in [0, 0.05) is 36.9 Å². The molecule has 5 nitrogen and oxygen atoms in total. The SMILES string of the molecule is C[C@@H]1OCC2(CCN(c3cnccn3)CC2)[C@@H]1N. The van der Waals surface area contributed by atoms with Crippen LogP contribution in [0.5, 0.6) is 0 Å². The van der Waals surface area contributed by atoms with E-state index in [9.17, 15) is 0 Å². The van der Waals surface area contributed by atoms with Crippen molar-refractivity contribution in [1.29, 1.82) is 0 Å². The summed E-state index contributed by atoms with van der Waals surface area (Å²) in [5, 5.41) is 0. The number of piperidine rings is 1. The summed E-state index contributed by atoms with van der Waals surface area (Å²) in [4.78, 5) is 10.8. The normalized spacial score (nSPS) is 30.9. The molecule has 3 rings (SSSR count). The van der Waals surface area contributed by atoms with Gasteiger partial charge < -0.3 is 15.4 Å². The van der Waals surface area contributed by atoms with Crippen LogP contribution in [0.25, 0.3) is 0 Å². The Hall–Kier alpha value is -1.20. The van der Waals surface area contributed by atoms with Crippen molar-refractivity contribution in [1.82, 2.24) is 9.97 Å². The molecular weight excluding hydrogens is 228 g/mol. The van der Waals surface area contributed by atoms with E-state index < -0.39 is 0 Å². The molecule has 0 unspecified atom stereocenters. The van der Waals surface area contributed by atoms with Gasteiger partial charge in [0.1, 0.15) is 5.82 Å². The van der Waals surface area contributed by atoms with Crippen molar-refractivity contribution in [3.05, 3.63) is 18.6 Å². The molecule has 2 saturated heterocycles. The lowest BCUT2D eigenvalue weighted by Gasteiger charge is -2.41. The third-order valence-electron chi connectivity index (χ3n) is 4.48. The summed E-state index contributed by atoms with van der Waals surface area (Å²) < 4.78 is 5.73. The zero-order chi connectivity index (χ0) is 12.6. The first-order chi connectivity index (χ1) is 8.71. The molecule has 0 amide bonds. The number of nitrogens with two attached hydrogens (primary N) is 1. The highest BCUT2D eigenvalue weighted by molar-refractivity contribution is 5.36. The highest BCUT2D eigenvalue weighted by atomic mass is 16.5. The second-order valence-corrected chi connectivity index (χ2v) is 5.45. The molecule has 2 N–H and O–H groups in total. The van der Waals surface area contributed by atoms with Crippen LogP contribution < -0.4 is 10.6 Å². The zero-order valence-electron chi connectivity index (χ0n) is 10.7. The topological polar surface area (TPSA) is 64.3 Å². The van der Waals surface area contributed by atoms with Gasteiger partial charge in [-0.3, -0.25) is 4.98 Å². The fourth-order valence-electron chi connectivity index (χ4n) is 3.11. The molecule has 1 spiro atoms. The van der Waals surface area contributed by atoms with Crippen LogP contribution in [0.15, 0.2) is 18.6 Å². The molecule has 1 aromatic rings. The van der Waals surface area contributed by atoms with Crippen LogP contribution in [0.1, 0.15) is 19.8 Å². The number of ether oxygens (including phenoxy) is 1. The predicted molar refractivity (Wildman–Crippen MR) is 69.3 cm³/mol. The molecule has 0 saturated carbocycles. The van der Waals surface area contributed by atoms with E-state index in [2.05, 4.69) is 21.8 Å². The van der Waals surface area contributed by atoms with E-state index in [1.807, 2.05) is 6.20 Å². The van der Waals surface area contributed by atoms with Crippen LogP contribution in [-0.2, 0) is 4.74 Å². The van der Waals surface area contributed by atoms with Gasteiger partial charge in [-0.25, -0.2) is 4.98 Å². The summed E-state index contributed by atoms with van der Waals surface area (Å²) >= 11 is 0. The minimum atomic E-state index is 0.168. The van der Waals surface area contributed by atoms with Gasteiger partial charge in [0.05, 0.1) is 18.9 Å². The first-order valence-corrected chi connectivity index (χ1v) is 6.59. The Morgan fingerprint density at radius 2 is 2.17 bits per heavy atom. The van der Waals surface area contributed by atoms with E-state index in [1.165, 1.54) is 0 Å². The summed E-state index contributed by atoms with van der Waals surface area (Å²) in [6.45, 7) is 4.86. The van der Waals surface area contributed by atoms with E-state index in [4.69, 9.17) is 10.5 Å². The number of hydrogen-bond acceptors (Lipinski definition) is 5. The number of hydrogen-bond donors (Lipinski definition) is 1. The van der Waals surface area contributed by atoms with Gasteiger partial charge in [0.2, 0.25) is 0 Å². The predicted octanol–water partition coefficient (Wildman–Crippen LogP) is 0.809. The quantitative estimate of drug-likeness (QED) is 0.796. The molecule has 98 valence electrons. The maximum atomic E-state index is 6.30. The summed E-state index contributed by atoms with van der Waals surface area (Å²) in [6, 6.07) is 0.168. The molecule has 2 atom stereocenters. The van der Waals surface area contributed by atoms with Gasteiger partial charge in [-0.15, -0.1) is 0 Å². The Bertz CT molecular complexity index is 403. The average molecular weight is 248 g/mol. The number of nitrogens with zero attached hydrogens (tertiary/aromatic N) is 3. The van der Waals surface area contributed by atoms with Crippen LogP contribution in [-0.4, -0.2) is 41.8 Å². The molecule has 2 fully saturated rings. The van der Waals surface area contributed by atoms with Crippen molar-refractivity contribution < 1.29 is 4.74 Å². The van der Waals surface area contributed by atoms with Gasteiger partial charge in [-0.2, -0.15) is 0 Å². The summed E-state index contributed by atoms with van der Waals surface area (Å²) in [6.07, 6.45) is 7.62. The fourth-order valence-corrected chi connectivity index (χ4v) is 3.11. The highest BCUT2D eigenvalue weighted by Gasteiger charge is 2.47. The Labute approximate surface area is 107 Å². The lowest BCUT2D eigenvalue weighted by Crippen LogP contribution is -2.50. The van der Waals surface area contributed by atoms with Crippen LogP contribution >= 0.6 is 0 Å². The first-order valence-electron chi connectivity index (χ1n) is 6.59. The maximum absolute atomic E-state index is 6.30. The molecule has 2 aliphatic heterocycles.